The lowest BCUT2D eigenvalue weighted by Crippen LogP contribution is -2.38. The fourth-order valence-electron chi connectivity index (χ4n) is 4.78. The summed E-state index contributed by atoms with van der Waals surface area (Å²) in [6.07, 6.45) is 4.53. The molecule has 0 unspecified atom stereocenters. The second-order valence-electron chi connectivity index (χ2n) is 10.3. The number of carbonyl (C=O) groups is 1. The van der Waals surface area contributed by atoms with Crippen LogP contribution in [0.1, 0.15) is 47.5 Å². The summed E-state index contributed by atoms with van der Waals surface area (Å²) in [6, 6.07) is 16.3. The predicted molar refractivity (Wildman–Crippen MR) is 149 cm³/mol. The van der Waals surface area contributed by atoms with Gasteiger partial charge in [0, 0.05) is 40.7 Å². The lowest BCUT2D eigenvalue weighted by atomic mass is 9.88. The van der Waals surface area contributed by atoms with Crippen LogP contribution in [0.4, 0.5) is 0 Å². The SMILES string of the molecule is CC1(S(=O)(=O)NC(=O)c2ccccc2-c2ccc3c(c2)OC[C@H](Cc2ccc(-c4cncs4)cn2)[C@H]3O)CC1. The summed E-state index contributed by atoms with van der Waals surface area (Å²) in [5, 5.41) is 11.2. The van der Waals surface area contributed by atoms with Gasteiger partial charge < -0.3 is 9.84 Å². The lowest BCUT2D eigenvalue weighted by Gasteiger charge is -2.30. The summed E-state index contributed by atoms with van der Waals surface area (Å²) >= 11 is 1.56. The van der Waals surface area contributed by atoms with E-state index >= 15 is 0 Å². The molecule has 3 heterocycles. The molecule has 200 valence electrons. The van der Waals surface area contributed by atoms with E-state index in [1.54, 1.807) is 60.2 Å². The zero-order chi connectivity index (χ0) is 27.2. The maximum atomic E-state index is 13.0. The average Bonchev–Trinajstić information content (AvgIpc) is 3.48. The van der Waals surface area contributed by atoms with Crippen molar-refractivity contribution in [2.75, 3.05) is 6.61 Å². The zero-order valence-electron chi connectivity index (χ0n) is 21.2. The molecule has 1 aliphatic carbocycles. The monoisotopic (exact) mass is 561 g/mol. The molecule has 2 N–H and O–H groups in total. The maximum absolute atomic E-state index is 13.0. The third-order valence-corrected chi connectivity index (χ3v) is 10.5. The molecule has 1 fully saturated rings. The fourth-order valence-corrected chi connectivity index (χ4v) is 6.63. The van der Waals surface area contributed by atoms with Gasteiger partial charge in [0.05, 0.1) is 27.8 Å². The van der Waals surface area contributed by atoms with Crippen molar-refractivity contribution in [2.45, 2.75) is 37.0 Å². The topological polar surface area (TPSA) is 118 Å². The molecule has 2 aromatic carbocycles. The maximum Gasteiger partial charge on any atom is 0.265 e. The average molecular weight is 562 g/mol. The van der Waals surface area contributed by atoms with E-state index in [4.69, 9.17) is 4.74 Å². The second kappa shape index (κ2) is 9.86. The summed E-state index contributed by atoms with van der Waals surface area (Å²) in [5.41, 5.74) is 5.86. The van der Waals surface area contributed by atoms with Gasteiger partial charge in [0.2, 0.25) is 10.0 Å². The first-order valence-electron chi connectivity index (χ1n) is 12.7. The van der Waals surface area contributed by atoms with Crippen molar-refractivity contribution in [3.8, 4) is 27.3 Å². The van der Waals surface area contributed by atoms with Crippen LogP contribution in [0.15, 0.2) is 72.5 Å². The molecule has 2 aromatic heterocycles. The van der Waals surface area contributed by atoms with Crippen LogP contribution in [0.3, 0.4) is 0 Å². The fraction of sp³-hybridized carbons (Fsp3) is 0.276. The van der Waals surface area contributed by atoms with E-state index in [0.717, 1.165) is 16.1 Å². The van der Waals surface area contributed by atoms with Gasteiger partial charge in [0.1, 0.15) is 5.75 Å². The van der Waals surface area contributed by atoms with Crippen LogP contribution < -0.4 is 9.46 Å². The molecule has 2 aliphatic rings. The molecule has 0 bridgehead atoms. The van der Waals surface area contributed by atoms with E-state index < -0.39 is 26.8 Å². The number of amides is 1. The predicted octanol–water partition coefficient (Wildman–Crippen LogP) is 4.77. The molecule has 0 saturated heterocycles. The van der Waals surface area contributed by atoms with Gasteiger partial charge in [-0.1, -0.05) is 36.4 Å². The number of hydrogen-bond donors (Lipinski definition) is 2. The number of nitrogens with one attached hydrogen (secondary N) is 1. The Morgan fingerprint density at radius 3 is 2.64 bits per heavy atom. The van der Waals surface area contributed by atoms with Gasteiger partial charge in [0.15, 0.2) is 0 Å². The van der Waals surface area contributed by atoms with Crippen LogP contribution in [0, 0.1) is 5.92 Å². The largest absolute Gasteiger partial charge is 0.493 e. The molecule has 0 radical (unpaired) electrons. The number of aliphatic hydroxyl groups is 1. The Hall–Kier alpha value is -3.60. The first kappa shape index (κ1) is 25.7. The Morgan fingerprint density at radius 1 is 1.13 bits per heavy atom. The molecule has 2 atom stereocenters. The summed E-state index contributed by atoms with van der Waals surface area (Å²) in [5.74, 6) is -0.290. The van der Waals surface area contributed by atoms with Crippen LogP contribution in [0.5, 0.6) is 5.75 Å². The van der Waals surface area contributed by atoms with Crippen LogP contribution in [0.2, 0.25) is 0 Å². The molecular formula is C29H27N3O5S2. The highest BCUT2D eigenvalue weighted by atomic mass is 32.2. The van der Waals surface area contributed by atoms with Crippen molar-refractivity contribution in [1.82, 2.24) is 14.7 Å². The molecule has 0 spiro atoms. The minimum absolute atomic E-state index is 0.169. The molecule has 10 heteroatoms. The number of aliphatic hydroxyl groups excluding tert-OH is 1. The third-order valence-electron chi connectivity index (χ3n) is 7.56. The molecule has 1 aliphatic heterocycles. The number of fused-ring (bicyclic) bond motifs is 1. The quantitative estimate of drug-likeness (QED) is 0.334. The van der Waals surface area contributed by atoms with Crippen LogP contribution in [-0.2, 0) is 16.4 Å². The van der Waals surface area contributed by atoms with Crippen LogP contribution in [-0.4, -0.2) is 40.8 Å². The Kier molecular flexibility index (Phi) is 6.49. The van der Waals surface area contributed by atoms with Crippen molar-refractivity contribution in [1.29, 1.82) is 0 Å². The summed E-state index contributed by atoms with van der Waals surface area (Å²) < 4.78 is 32.7. The number of pyridine rings is 1. The van der Waals surface area contributed by atoms with E-state index in [1.165, 1.54) is 0 Å². The van der Waals surface area contributed by atoms with E-state index in [-0.39, 0.29) is 11.5 Å². The number of ether oxygens (including phenoxy) is 1. The van der Waals surface area contributed by atoms with Crippen molar-refractivity contribution >= 4 is 27.3 Å². The molecule has 4 aromatic rings. The van der Waals surface area contributed by atoms with Gasteiger partial charge in [-0.05, 0) is 55.5 Å². The minimum atomic E-state index is -3.77. The van der Waals surface area contributed by atoms with Crippen molar-refractivity contribution < 1.29 is 23.1 Å². The van der Waals surface area contributed by atoms with Crippen molar-refractivity contribution in [3.63, 3.8) is 0 Å². The highest BCUT2D eigenvalue weighted by Gasteiger charge is 2.51. The standard InChI is InChI=1S/C29H27N3O5S2/c1-29(10-11-29)39(35,36)32-28(34)23-5-3-2-4-22(23)18-7-9-24-25(13-18)37-16-20(27(24)33)12-21-8-6-19(14-31-21)26-15-30-17-38-26/h2-9,13-15,17,20,27,33H,10-12,16H2,1H3,(H,32,34)/t20-,27+/m0/s1. The van der Waals surface area contributed by atoms with Gasteiger partial charge in [0.25, 0.3) is 5.91 Å². The third kappa shape index (κ3) is 4.95. The number of thiazole rings is 1. The van der Waals surface area contributed by atoms with Gasteiger partial charge in [-0.15, -0.1) is 11.3 Å². The molecule has 1 amide bonds. The lowest BCUT2D eigenvalue weighted by molar-refractivity contribution is 0.0503. The van der Waals surface area contributed by atoms with Gasteiger partial charge >= 0.3 is 0 Å². The van der Waals surface area contributed by atoms with Crippen LogP contribution in [0.25, 0.3) is 21.6 Å². The van der Waals surface area contributed by atoms with Gasteiger partial charge in [-0.2, -0.15) is 0 Å². The first-order valence-corrected chi connectivity index (χ1v) is 15.1. The minimum Gasteiger partial charge on any atom is -0.493 e. The van der Waals surface area contributed by atoms with Crippen LogP contribution >= 0.6 is 11.3 Å². The second-order valence-corrected chi connectivity index (χ2v) is 13.4. The number of carbonyl (C=O) groups excluding carboxylic acids is 1. The summed E-state index contributed by atoms with van der Waals surface area (Å²) in [7, 11) is -3.77. The Morgan fingerprint density at radius 2 is 1.92 bits per heavy atom. The van der Waals surface area contributed by atoms with E-state index in [1.807, 2.05) is 30.6 Å². The van der Waals surface area contributed by atoms with E-state index in [9.17, 15) is 18.3 Å². The highest BCUT2D eigenvalue weighted by molar-refractivity contribution is 7.91. The molecular weight excluding hydrogens is 534 g/mol. The molecule has 1 saturated carbocycles. The van der Waals surface area contributed by atoms with Crippen molar-refractivity contribution in [2.24, 2.45) is 5.92 Å². The zero-order valence-corrected chi connectivity index (χ0v) is 22.8. The van der Waals surface area contributed by atoms with E-state index in [0.29, 0.717) is 48.3 Å². The smallest absolute Gasteiger partial charge is 0.265 e. The Balaban J connectivity index is 1.20. The number of rotatable bonds is 7. The van der Waals surface area contributed by atoms with E-state index in [2.05, 4.69) is 14.7 Å². The summed E-state index contributed by atoms with van der Waals surface area (Å²) in [6.45, 7) is 1.96. The number of hydrogen-bond acceptors (Lipinski definition) is 8. The summed E-state index contributed by atoms with van der Waals surface area (Å²) in [4.78, 5) is 22.7. The van der Waals surface area contributed by atoms with Crippen molar-refractivity contribution in [3.05, 3.63) is 89.3 Å². The number of benzene rings is 2. The Bertz CT molecular complexity index is 1630. The molecule has 8 nitrogen and oxygen atoms in total. The molecule has 6 rings (SSSR count). The number of nitrogens with zero attached hydrogens (tertiary/aromatic N) is 2. The first-order chi connectivity index (χ1) is 18.7. The number of aromatic nitrogens is 2. The molecule has 39 heavy (non-hydrogen) atoms. The van der Waals surface area contributed by atoms with Gasteiger partial charge in [-0.25, -0.2) is 13.1 Å². The Labute approximate surface area is 230 Å². The number of sulfonamides is 1. The highest BCUT2D eigenvalue weighted by Crippen LogP contribution is 2.43. The normalized spacial score (nSPS) is 19.5. The van der Waals surface area contributed by atoms with Gasteiger partial charge in [-0.3, -0.25) is 14.8 Å².